The van der Waals surface area contributed by atoms with Gasteiger partial charge in [-0.3, -0.25) is 9.59 Å². The molecule has 1 unspecified atom stereocenters. The van der Waals surface area contributed by atoms with Gasteiger partial charge in [-0.15, -0.1) is 0 Å². The number of rotatable bonds is 9. The Morgan fingerprint density at radius 1 is 1.20 bits per heavy atom. The van der Waals surface area contributed by atoms with Crippen LogP contribution in [-0.4, -0.2) is 54.1 Å². The predicted molar refractivity (Wildman–Crippen MR) is 75.4 cm³/mol. The van der Waals surface area contributed by atoms with Crippen molar-refractivity contribution in [1.29, 1.82) is 0 Å². The van der Waals surface area contributed by atoms with E-state index in [0.29, 0.717) is 13.0 Å². The summed E-state index contributed by atoms with van der Waals surface area (Å²) in [6, 6.07) is -0.845. The minimum atomic E-state index is -0.952. The number of hydrogen-bond donors (Lipinski definition) is 3. The molecule has 7 nitrogen and oxygen atoms in total. The predicted octanol–water partition coefficient (Wildman–Crippen LogP) is 0.797. The number of carboxylic acids is 1. The van der Waals surface area contributed by atoms with Gasteiger partial charge in [0.2, 0.25) is 5.91 Å². The summed E-state index contributed by atoms with van der Waals surface area (Å²) in [5.41, 5.74) is 0. The Labute approximate surface area is 119 Å². The third-order valence-electron chi connectivity index (χ3n) is 2.69. The number of amides is 3. The standard InChI is InChI=1S/C13H25N3O4/c1-4-6-10(8-12(18)19)15-13(20)16(3)9-11(17)14-7-5-2/h10H,4-9H2,1-3H3,(H,14,17)(H,15,20)(H,18,19). The van der Waals surface area contributed by atoms with Gasteiger partial charge in [0.15, 0.2) is 0 Å². The second-order valence-electron chi connectivity index (χ2n) is 4.74. The van der Waals surface area contributed by atoms with E-state index < -0.39 is 18.0 Å². The zero-order valence-corrected chi connectivity index (χ0v) is 12.4. The quantitative estimate of drug-likeness (QED) is 0.584. The van der Waals surface area contributed by atoms with Crippen LogP contribution in [0.2, 0.25) is 0 Å². The van der Waals surface area contributed by atoms with E-state index in [-0.39, 0.29) is 18.9 Å². The second kappa shape index (κ2) is 10.1. The number of carboxylic acid groups (broad SMARTS) is 1. The largest absolute Gasteiger partial charge is 0.481 e. The van der Waals surface area contributed by atoms with Crippen LogP contribution < -0.4 is 10.6 Å². The number of carbonyl (C=O) groups is 3. The van der Waals surface area contributed by atoms with Gasteiger partial charge in [-0.1, -0.05) is 20.3 Å². The molecule has 0 saturated heterocycles. The third-order valence-corrected chi connectivity index (χ3v) is 2.69. The summed E-state index contributed by atoms with van der Waals surface area (Å²) in [7, 11) is 1.50. The van der Waals surface area contributed by atoms with Crippen LogP contribution in [0, 0.1) is 0 Å². The first-order chi connectivity index (χ1) is 9.40. The lowest BCUT2D eigenvalue weighted by molar-refractivity contribution is -0.137. The van der Waals surface area contributed by atoms with Crippen LogP contribution in [0.5, 0.6) is 0 Å². The molecule has 0 aliphatic heterocycles. The maximum atomic E-state index is 11.9. The molecule has 0 rings (SSSR count). The Morgan fingerprint density at radius 2 is 1.85 bits per heavy atom. The molecule has 7 heteroatoms. The smallest absolute Gasteiger partial charge is 0.317 e. The average molecular weight is 287 g/mol. The van der Waals surface area contributed by atoms with E-state index in [1.165, 1.54) is 11.9 Å². The van der Waals surface area contributed by atoms with Gasteiger partial charge >= 0.3 is 12.0 Å². The molecule has 0 aromatic rings. The summed E-state index contributed by atoms with van der Waals surface area (Å²) in [4.78, 5) is 35.3. The first-order valence-corrected chi connectivity index (χ1v) is 6.90. The van der Waals surface area contributed by atoms with E-state index in [0.717, 1.165) is 12.8 Å². The lowest BCUT2D eigenvalue weighted by atomic mass is 10.1. The van der Waals surface area contributed by atoms with Gasteiger partial charge in [-0.25, -0.2) is 4.79 Å². The van der Waals surface area contributed by atoms with Crippen LogP contribution in [0.15, 0.2) is 0 Å². The molecule has 0 heterocycles. The number of likely N-dealkylation sites (N-methyl/N-ethyl adjacent to an activating group) is 1. The molecule has 0 aliphatic rings. The van der Waals surface area contributed by atoms with Gasteiger partial charge in [-0.05, 0) is 12.8 Å². The Kier molecular flexibility index (Phi) is 9.15. The monoisotopic (exact) mass is 287 g/mol. The summed E-state index contributed by atoms with van der Waals surface area (Å²) in [5.74, 6) is -1.18. The number of carbonyl (C=O) groups excluding carboxylic acids is 2. The van der Waals surface area contributed by atoms with E-state index in [1.54, 1.807) is 0 Å². The summed E-state index contributed by atoms with van der Waals surface area (Å²) >= 11 is 0. The van der Waals surface area contributed by atoms with Crippen molar-refractivity contribution in [3.63, 3.8) is 0 Å². The van der Waals surface area contributed by atoms with Gasteiger partial charge in [0, 0.05) is 19.6 Å². The molecule has 0 saturated carbocycles. The van der Waals surface area contributed by atoms with Crippen LogP contribution in [0.1, 0.15) is 39.5 Å². The van der Waals surface area contributed by atoms with E-state index in [4.69, 9.17) is 5.11 Å². The van der Waals surface area contributed by atoms with Crippen molar-refractivity contribution in [3.05, 3.63) is 0 Å². The molecule has 3 amide bonds. The SMILES string of the molecule is CCCNC(=O)CN(C)C(=O)NC(CCC)CC(=O)O. The highest BCUT2D eigenvalue weighted by Gasteiger charge is 2.18. The Bertz CT molecular complexity index is 334. The van der Waals surface area contributed by atoms with Crippen molar-refractivity contribution < 1.29 is 19.5 Å². The van der Waals surface area contributed by atoms with Crippen molar-refractivity contribution in [2.24, 2.45) is 0 Å². The molecule has 1 atom stereocenters. The highest BCUT2D eigenvalue weighted by Crippen LogP contribution is 2.02. The van der Waals surface area contributed by atoms with Crippen molar-refractivity contribution in [2.45, 2.75) is 45.6 Å². The van der Waals surface area contributed by atoms with Crippen LogP contribution in [-0.2, 0) is 9.59 Å². The van der Waals surface area contributed by atoms with Crippen molar-refractivity contribution in [1.82, 2.24) is 15.5 Å². The molecule has 0 aromatic carbocycles. The first-order valence-electron chi connectivity index (χ1n) is 6.90. The zero-order valence-electron chi connectivity index (χ0n) is 12.4. The lowest BCUT2D eigenvalue weighted by Gasteiger charge is -2.22. The third kappa shape index (κ3) is 8.34. The molecule has 0 spiro atoms. The summed E-state index contributed by atoms with van der Waals surface area (Å²) in [6.45, 7) is 4.39. The van der Waals surface area contributed by atoms with Crippen LogP contribution >= 0.6 is 0 Å². The Hall–Kier alpha value is -1.79. The topological polar surface area (TPSA) is 98.7 Å². The molecule has 20 heavy (non-hydrogen) atoms. The van der Waals surface area contributed by atoms with Gasteiger partial charge in [0.05, 0.1) is 6.42 Å². The highest BCUT2D eigenvalue weighted by atomic mass is 16.4. The normalized spacial score (nSPS) is 11.6. The molecule has 0 aliphatic carbocycles. The second-order valence-corrected chi connectivity index (χ2v) is 4.74. The number of nitrogens with zero attached hydrogens (tertiary/aromatic N) is 1. The summed E-state index contributed by atoms with van der Waals surface area (Å²) in [5, 5.41) is 14.1. The molecular formula is C13H25N3O4. The van der Waals surface area contributed by atoms with Crippen LogP contribution in [0.4, 0.5) is 4.79 Å². The summed E-state index contributed by atoms with van der Waals surface area (Å²) in [6.07, 6.45) is 2.08. The molecule has 0 aromatic heterocycles. The molecule has 0 radical (unpaired) electrons. The van der Waals surface area contributed by atoms with Crippen molar-refractivity contribution in [3.8, 4) is 0 Å². The fraction of sp³-hybridized carbons (Fsp3) is 0.769. The van der Waals surface area contributed by atoms with E-state index in [2.05, 4.69) is 10.6 Å². The molecular weight excluding hydrogens is 262 g/mol. The fourth-order valence-electron chi connectivity index (χ4n) is 1.68. The van der Waals surface area contributed by atoms with Crippen molar-refractivity contribution >= 4 is 17.9 Å². The van der Waals surface area contributed by atoms with Gasteiger partial charge in [0.25, 0.3) is 0 Å². The maximum Gasteiger partial charge on any atom is 0.317 e. The minimum absolute atomic E-state index is 0.0439. The lowest BCUT2D eigenvalue weighted by Crippen LogP contribution is -2.47. The average Bonchev–Trinajstić information content (AvgIpc) is 2.35. The minimum Gasteiger partial charge on any atom is -0.481 e. The molecule has 0 bridgehead atoms. The van der Waals surface area contributed by atoms with Crippen LogP contribution in [0.3, 0.4) is 0 Å². The van der Waals surface area contributed by atoms with Crippen LogP contribution in [0.25, 0.3) is 0 Å². The van der Waals surface area contributed by atoms with Gasteiger partial charge in [-0.2, -0.15) is 0 Å². The van der Waals surface area contributed by atoms with Gasteiger partial charge in [0.1, 0.15) is 6.54 Å². The van der Waals surface area contributed by atoms with E-state index in [9.17, 15) is 14.4 Å². The number of urea groups is 1. The van der Waals surface area contributed by atoms with Crippen molar-refractivity contribution in [2.75, 3.05) is 20.1 Å². The van der Waals surface area contributed by atoms with E-state index in [1.807, 2.05) is 13.8 Å². The van der Waals surface area contributed by atoms with E-state index >= 15 is 0 Å². The number of hydrogen-bond acceptors (Lipinski definition) is 3. The zero-order chi connectivity index (χ0) is 15.5. The Morgan fingerprint density at radius 3 is 2.35 bits per heavy atom. The maximum absolute atomic E-state index is 11.9. The summed E-state index contributed by atoms with van der Waals surface area (Å²) < 4.78 is 0. The molecule has 3 N–H and O–H groups in total. The Balaban J connectivity index is 4.26. The molecule has 116 valence electrons. The molecule has 0 fully saturated rings. The first kappa shape index (κ1) is 18.2. The number of aliphatic carboxylic acids is 1. The van der Waals surface area contributed by atoms with Gasteiger partial charge < -0.3 is 20.6 Å². The number of nitrogens with one attached hydrogen (secondary N) is 2. The highest BCUT2D eigenvalue weighted by molar-refractivity contribution is 5.84. The fourth-order valence-corrected chi connectivity index (χ4v) is 1.68.